The first-order valence-electron chi connectivity index (χ1n) is 17.0. The van der Waals surface area contributed by atoms with E-state index >= 15 is 0 Å². The second-order valence-corrected chi connectivity index (χ2v) is 14.0. The summed E-state index contributed by atoms with van der Waals surface area (Å²) in [6.07, 6.45) is 6.85. The molecule has 254 valence electrons. The maximum absolute atomic E-state index is 14.7. The summed E-state index contributed by atoms with van der Waals surface area (Å²) >= 11 is 0. The number of amides is 2. The molecule has 2 N–H and O–H groups in total. The summed E-state index contributed by atoms with van der Waals surface area (Å²) in [5, 5.41) is 15.6. The Labute approximate surface area is 282 Å². The number of carbonyl (C=O) groups is 2. The molecule has 10 nitrogen and oxygen atoms in total. The van der Waals surface area contributed by atoms with Crippen molar-refractivity contribution in [3.8, 4) is 11.3 Å². The molecule has 2 aromatic carbocycles. The van der Waals surface area contributed by atoms with E-state index in [-0.39, 0.29) is 24.1 Å². The van der Waals surface area contributed by atoms with E-state index < -0.39 is 11.2 Å². The molecule has 1 aliphatic carbocycles. The number of aliphatic hydroxyl groups is 1. The number of furan rings is 1. The maximum Gasteiger partial charge on any atom is 0.410 e. The third-order valence-corrected chi connectivity index (χ3v) is 9.36. The van der Waals surface area contributed by atoms with Gasteiger partial charge in [-0.2, -0.15) is 0 Å². The molecule has 3 atom stereocenters. The highest BCUT2D eigenvalue weighted by Crippen LogP contribution is 2.41. The van der Waals surface area contributed by atoms with E-state index in [2.05, 4.69) is 5.32 Å². The lowest BCUT2D eigenvalue weighted by Gasteiger charge is -2.42. The first-order chi connectivity index (χ1) is 23.1. The molecule has 0 bridgehead atoms. The lowest BCUT2D eigenvalue weighted by atomic mass is 9.79. The molecule has 2 unspecified atom stereocenters. The van der Waals surface area contributed by atoms with Gasteiger partial charge in [0, 0.05) is 31.7 Å². The lowest BCUT2D eigenvalue weighted by Crippen LogP contribution is -2.58. The molecule has 3 heterocycles. The van der Waals surface area contributed by atoms with Crippen LogP contribution in [-0.4, -0.2) is 79.9 Å². The van der Waals surface area contributed by atoms with E-state index in [1.807, 2.05) is 103 Å². The monoisotopic (exact) mass is 653 g/mol. The Hall–Kier alpha value is -4.41. The number of benzene rings is 2. The summed E-state index contributed by atoms with van der Waals surface area (Å²) in [7, 11) is 0. The first-order valence-corrected chi connectivity index (χ1v) is 17.0. The molecule has 0 spiro atoms. The summed E-state index contributed by atoms with van der Waals surface area (Å²) in [6.45, 7) is 7.51. The Kier molecular flexibility index (Phi) is 10.0. The number of ether oxygens (including phenoxy) is 1. The standard InChI is InChI=1S/C38H47N5O5/c1-37(2,3)48-36(45)41-20-21-42(30(25-41)23-28-13-6-4-7-14-28)35(44)33-34(29-15-8-5-9-16-29)43(27-40-33)32-18-10-11-19-38(32,46)26-39-24-31-17-12-22-47-31/h4-9,12-17,22,27,30,32,39,46H,10-11,18-21,23-26H2,1-3H3/t30-,32?,38?/m1/s1. The van der Waals surface area contributed by atoms with Crippen LogP contribution in [-0.2, 0) is 17.7 Å². The molecule has 2 fully saturated rings. The fourth-order valence-electron chi connectivity index (χ4n) is 7.07. The minimum absolute atomic E-state index is 0.187. The minimum atomic E-state index is -1.05. The summed E-state index contributed by atoms with van der Waals surface area (Å²) < 4.78 is 13.2. The molecule has 48 heavy (non-hydrogen) atoms. The van der Waals surface area contributed by atoms with Crippen LogP contribution in [0.15, 0.2) is 89.8 Å². The quantitative estimate of drug-likeness (QED) is 0.225. The van der Waals surface area contributed by atoms with Crippen molar-refractivity contribution in [2.75, 3.05) is 26.2 Å². The third kappa shape index (κ3) is 7.66. The summed E-state index contributed by atoms with van der Waals surface area (Å²) in [6, 6.07) is 23.1. The van der Waals surface area contributed by atoms with Crippen molar-refractivity contribution in [1.29, 1.82) is 0 Å². The summed E-state index contributed by atoms with van der Waals surface area (Å²) in [5.74, 6) is 0.621. The second-order valence-electron chi connectivity index (χ2n) is 14.0. The van der Waals surface area contributed by atoms with Crippen LogP contribution in [0.5, 0.6) is 0 Å². The van der Waals surface area contributed by atoms with Crippen LogP contribution in [0.1, 0.15) is 74.3 Å². The van der Waals surface area contributed by atoms with Gasteiger partial charge in [-0.3, -0.25) is 4.79 Å². The highest BCUT2D eigenvalue weighted by molar-refractivity contribution is 5.98. The third-order valence-electron chi connectivity index (χ3n) is 9.36. The minimum Gasteiger partial charge on any atom is -0.468 e. The van der Waals surface area contributed by atoms with Gasteiger partial charge >= 0.3 is 6.09 Å². The van der Waals surface area contributed by atoms with E-state index in [9.17, 15) is 14.7 Å². The van der Waals surface area contributed by atoms with Crippen molar-refractivity contribution in [3.63, 3.8) is 0 Å². The molecule has 1 saturated carbocycles. The van der Waals surface area contributed by atoms with Crippen LogP contribution >= 0.6 is 0 Å². The van der Waals surface area contributed by atoms with Gasteiger partial charge in [-0.1, -0.05) is 73.5 Å². The van der Waals surface area contributed by atoms with Gasteiger partial charge < -0.3 is 33.9 Å². The molecule has 10 heteroatoms. The average Bonchev–Trinajstić information content (AvgIpc) is 3.75. The number of hydrogen-bond acceptors (Lipinski definition) is 7. The lowest BCUT2D eigenvalue weighted by molar-refractivity contribution is -0.0399. The zero-order valence-electron chi connectivity index (χ0n) is 28.2. The Balaban J connectivity index is 1.32. The molecular formula is C38H47N5O5. The van der Waals surface area contributed by atoms with Gasteiger partial charge in [0.15, 0.2) is 5.69 Å². The van der Waals surface area contributed by atoms with Crippen LogP contribution in [0, 0.1) is 0 Å². The van der Waals surface area contributed by atoms with Gasteiger partial charge in [-0.25, -0.2) is 9.78 Å². The average molecular weight is 654 g/mol. The van der Waals surface area contributed by atoms with Crippen molar-refractivity contribution in [2.24, 2.45) is 0 Å². The topological polar surface area (TPSA) is 113 Å². The highest BCUT2D eigenvalue weighted by atomic mass is 16.6. The van der Waals surface area contributed by atoms with Gasteiger partial charge in [-0.15, -0.1) is 0 Å². The largest absolute Gasteiger partial charge is 0.468 e. The Morgan fingerprint density at radius 3 is 2.48 bits per heavy atom. The number of rotatable bonds is 9. The number of imidazole rings is 1. The zero-order valence-corrected chi connectivity index (χ0v) is 28.2. The fraction of sp³-hybridized carbons (Fsp3) is 0.447. The van der Waals surface area contributed by atoms with Gasteiger partial charge in [0.25, 0.3) is 5.91 Å². The van der Waals surface area contributed by atoms with Gasteiger partial charge in [0.05, 0.1) is 42.5 Å². The van der Waals surface area contributed by atoms with Crippen LogP contribution in [0.4, 0.5) is 4.79 Å². The highest BCUT2D eigenvalue weighted by Gasteiger charge is 2.43. The Bertz CT molecular complexity index is 1650. The molecule has 0 radical (unpaired) electrons. The number of hydrogen-bond donors (Lipinski definition) is 2. The van der Waals surface area contributed by atoms with E-state index in [1.165, 1.54) is 0 Å². The molecule has 1 saturated heterocycles. The van der Waals surface area contributed by atoms with Crippen molar-refractivity contribution >= 4 is 12.0 Å². The maximum atomic E-state index is 14.7. The molecule has 1 aliphatic heterocycles. The van der Waals surface area contributed by atoms with Crippen LogP contribution in [0.25, 0.3) is 11.3 Å². The molecule has 6 rings (SSSR count). The van der Waals surface area contributed by atoms with Crippen LogP contribution in [0.3, 0.4) is 0 Å². The number of piperazine rings is 1. The second kappa shape index (κ2) is 14.4. The van der Waals surface area contributed by atoms with Crippen molar-refractivity contribution < 1.29 is 23.8 Å². The van der Waals surface area contributed by atoms with Gasteiger partial charge in [0.1, 0.15) is 11.4 Å². The van der Waals surface area contributed by atoms with Gasteiger partial charge in [-0.05, 0) is 57.7 Å². The zero-order chi connectivity index (χ0) is 33.7. The number of nitrogens with one attached hydrogen (secondary N) is 1. The molecule has 2 aromatic heterocycles. The van der Waals surface area contributed by atoms with Gasteiger partial charge in [0.2, 0.25) is 0 Å². The predicted molar refractivity (Wildman–Crippen MR) is 183 cm³/mol. The summed E-state index contributed by atoms with van der Waals surface area (Å²) in [4.78, 5) is 36.2. The number of nitrogens with zero attached hydrogens (tertiary/aromatic N) is 4. The van der Waals surface area contributed by atoms with E-state index in [1.54, 1.807) is 17.5 Å². The van der Waals surface area contributed by atoms with E-state index in [4.69, 9.17) is 14.1 Å². The first kappa shape index (κ1) is 33.5. The van der Waals surface area contributed by atoms with Crippen LogP contribution in [0.2, 0.25) is 0 Å². The SMILES string of the molecule is CC(C)(C)OC(=O)N1CCN(C(=O)c2ncn(C3CCCCC3(O)CNCc3ccco3)c2-c2ccccc2)[C@H](Cc2ccccc2)C1. The van der Waals surface area contributed by atoms with Crippen molar-refractivity contribution in [2.45, 2.75) is 82.7 Å². The molecule has 2 aliphatic rings. The fourth-order valence-corrected chi connectivity index (χ4v) is 7.07. The molecule has 2 amide bonds. The molecule has 4 aromatic rings. The Morgan fingerprint density at radius 2 is 1.77 bits per heavy atom. The van der Waals surface area contributed by atoms with Crippen molar-refractivity contribution in [1.82, 2.24) is 24.7 Å². The summed E-state index contributed by atoms with van der Waals surface area (Å²) in [5.41, 5.74) is 1.32. The Morgan fingerprint density at radius 1 is 1.02 bits per heavy atom. The number of carbonyl (C=O) groups excluding carboxylic acids is 2. The predicted octanol–water partition coefficient (Wildman–Crippen LogP) is 6.08. The van der Waals surface area contributed by atoms with Crippen molar-refractivity contribution in [3.05, 3.63) is 102 Å². The van der Waals surface area contributed by atoms with E-state index in [0.717, 1.165) is 36.1 Å². The van der Waals surface area contributed by atoms with Crippen LogP contribution < -0.4 is 5.32 Å². The molecular weight excluding hydrogens is 606 g/mol. The number of aromatic nitrogens is 2. The normalized spacial score (nSPS) is 21.7. The van der Waals surface area contributed by atoms with E-state index in [0.29, 0.717) is 57.0 Å². The smallest absolute Gasteiger partial charge is 0.410 e.